The molecule has 0 aromatic heterocycles. The summed E-state index contributed by atoms with van der Waals surface area (Å²) in [6.07, 6.45) is 0.877. The molecule has 0 radical (unpaired) electrons. The molecular formula is C9H20N2O3S. The van der Waals surface area contributed by atoms with E-state index in [1.165, 1.54) is 6.92 Å². The maximum Gasteiger partial charge on any atom is 0.234 e. The minimum absolute atomic E-state index is 0.0665. The van der Waals surface area contributed by atoms with Crippen molar-refractivity contribution < 1.29 is 13.2 Å². The Hall–Kier alpha value is -0.620. The summed E-state index contributed by atoms with van der Waals surface area (Å²) in [5.41, 5.74) is 0. The first-order valence-electron chi connectivity index (χ1n) is 5.14. The van der Waals surface area contributed by atoms with E-state index in [4.69, 9.17) is 0 Å². The van der Waals surface area contributed by atoms with E-state index >= 15 is 0 Å². The highest BCUT2D eigenvalue weighted by molar-refractivity contribution is 7.90. The number of rotatable bonds is 7. The third kappa shape index (κ3) is 8.38. The van der Waals surface area contributed by atoms with Crippen LogP contribution in [0.1, 0.15) is 33.6 Å². The van der Waals surface area contributed by atoms with Gasteiger partial charge in [0.15, 0.2) is 0 Å². The summed E-state index contributed by atoms with van der Waals surface area (Å²) in [7, 11) is -3.39. The number of carbonyl (C=O) groups is 1. The molecule has 0 aromatic rings. The van der Waals surface area contributed by atoms with E-state index in [1.807, 2.05) is 18.6 Å². The first kappa shape index (κ1) is 14.4. The SMILES string of the molecule is CCS(=O)(=O)NC(=O)CCCNC(C)C. The van der Waals surface area contributed by atoms with Gasteiger partial charge in [-0.15, -0.1) is 0 Å². The standard InChI is InChI=1S/C9H20N2O3S/c1-4-15(13,14)11-9(12)6-5-7-10-8(2)3/h8,10H,4-7H2,1-3H3,(H,11,12). The predicted molar refractivity (Wildman–Crippen MR) is 60.0 cm³/mol. The van der Waals surface area contributed by atoms with Gasteiger partial charge in [-0.25, -0.2) is 8.42 Å². The van der Waals surface area contributed by atoms with Crippen LogP contribution in [-0.2, 0) is 14.8 Å². The fourth-order valence-corrected chi connectivity index (χ4v) is 1.53. The number of hydrogen-bond donors (Lipinski definition) is 2. The Kier molecular flexibility index (Phi) is 6.51. The molecule has 2 N–H and O–H groups in total. The molecule has 6 heteroatoms. The second-order valence-electron chi connectivity index (χ2n) is 3.64. The molecule has 0 bridgehead atoms. The fraction of sp³-hybridized carbons (Fsp3) is 0.889. The fourth-order valence-electron chi connectivity index (χ4n) is 0.936. The van der Waals surface area contributed by atoms with Gasteiger partial charge in [-0.3, -0.25) is 9.52 Å². The molecular weight excluding hydrogens is 216 g/mol. The van der Waals surface area contributed by atoms with Crippen molar-refractivity contribution in [1.82, 2.24) is 10.0 Å². The van der Waals surface area contributed by atoms with Crippen molar-refractivity contribution in [3.05, 3.63) is 0 Å². The second kappa shape index (κ2) is 6.79. The second-order valence-corrected chi connectivity index (χ2v) is 5.65. The van der Waals surface area contributed by atoms with Crippen molar-refractivity contribution in [2.24, 2.45) is 0 Å². The highest BCUT2D eigenvalue weighted by Crippen LogP contribution is 1.91. The lowest BCUT2D eigenvalue weighted by Gasteiger charge is -2.07. The van der Waals surface area contributed by atoms with Crippen LogP contribution >= 0.6 is 0 Å². The van der Waals surface area contributed by atoms with Gasteiger partial charge >= 0.3 is 0 Å². The lowest BCUT2D eigenvalue weighted by Crippen LogP contribution is -2.32. The molecule has 0 aliphatic carbocycles. The van der Waals surface area contributed by atoms with Gasteiger partial charge in [-0.1, -0.05) is 13.8 Å². The quantitative estimate of drug-likeness (QED) is 0.621. The average Bonchev–Trinajstić information content (AvgIpc) is 2.11. The van der Waals surface area contributed by atoms with Gasteiger partial charge in [-0.05, 0) is 19.9 Å². The number of hydrogen-bond acceptors (Lipinski definition) is 4. The Bertz CT molecular complexity index is 286. The Morgan fingerprint density at radius 3 is 2.40 bits per heavy atom. The maximum absolute atomic E-state index is 11.1. The smallest absolute Gasteiger partial charge is 0.234 e. The zero-order valence-corrected chi connectivity index (χ0v) is 10.4. The predicted octanol–water partition coefficient (Wildman–Crippen LogP) is 0.231. The Morgan fingerprint density at radius 2 is 1.93 bits per heavy atom. The number of carbonyl (C=O) groups excluding carboxylic acids is 1. The minimum Gasteiger partial charge on any atom is -0.315 e. The van der Waals surface area contributed by atoms with E-state index in [9.17, 15) is 13.2 Å². The van der Waals surface area contributed by atoms with Crippen molar-refractivity contribution >= 4 is 15.9 Å². The van der Waals surface area contributed by atoms with Crippen LogP contribution in [0, 0.1) is 0 Å². The van der Waals surface area contributed by atoms with Crippen LogP contribution in [0.5, 0.6) is 0 Å². The van der Waals surface area contributed by atoms with E-state index in [-0.39, 0.29) is 12.2 Å². The molecule has 0 unspecified atom stereocenters. The Morgan fingerprint density at radius 1 is 1.33 bits per heavy atom. The molecule has 90 valence electrons. The molecule has 15 heavy (non-hydrogen) atoms. The van der Waals surface area contributed by atoms with Crippen molar-refractivity contribution in [3.63, 3.8) is 0 Å². The summed E-state index contributed by atoms with van der Waals surface area (Å²) in [5.74, 6) is -0.495. The highest BCUT2D eigenvalue weighted by Gasteiger charge is 2.10. The number of sulfonamides is 1. The van der Waals surface area contributed by atoms with Crippen LogP contribution in [0.4, 0.5) is 0 Å². The number of nitrogens with one attached hydrogen (secondary N) is 2. The van der Waals surface area contributed by atoms with E-state index < -0.39 is 15.9 Å². The van der Waals surface area contributed by atoms with Gasteiger partial charge in [-0.2, -0.15) is 0 Å². The van der Waals surface area contributed by atoms with Crippen LogP contribution in [0.15, 0.2) is 0 Å². The summed E-state index contributed by atoms with van der Waals surface area (Å²) < 4.78 is 24.0. The van der Waals surface area contributed by atoms with Crippen molar-refractivity contribution in [2.45, 2.75) is 39.7 Å². The first-order valence-corrected chi connectivity index (χ1v) is 6.79. The minimum atomic E-state index is -3.39. The van der Waals surface area contributed by atoms with Crippen molar-refractivity contribution in [1.29, 1.82) is 0 Å². The zero-order valence-electron chi connectivity index (χ0n) is 9.54. The van der Waals surface area contributed by atoms with Crippen molar-refractivity contribution in [3.8, 4) is 0 Å². The zero-order chi connectivity index (χ0) is 11.9. The lowest BCUT2D eigenvalue weighted by atomic mass is 10.3. The third-order valence-electron chi connectivity index (χ3n) is 1.78. The average molecular weight is 236 g/mol. The normalized spacial score (nSPS) is 11.7. The van der Waals surface area contributed by atoms with Gasteiger partial charge in [0.2, 0.25) is 15.9 Å². The van der Waals surface area contributed by atoms with Crippen LogP contribution in [0.25, 0.3) is 0 Å². The summed E-state index contributed by atoms with van der Waals surface area (Å²) in [4.78, 5) is 11.1. The van der Waals surface area contributed by atoms with Gasteiger partial charge in [0.1, 0.15) is 0 Å². The molecule has 0 spiro atoms. The van der Waals surface area contributed by atoms with Crippen molar-refractivity contribution in [2.75, 3.05) is 12.3 Å². The number of amides is 1. The van der Waals surface area contributed by atoms with E-state index in [1.54, 1.807) is 0 Å². The molecule has 0 heterocycles. The molecule has 1 amide bonds. The molecule has 0 aliphatic rings. The molecule has 0 atom stereocenters. The topological polar surface area (TPSA) is 75.3 Å². The summed E-state index contributed by atoms with van der Waals surface area (Å²) in [6.45, 7) is 6.25. The monoisotopic (exact) mass is 236 g/mol. The third-order valence-corrected chi connectivity index (χ3v) is 3.08. The van der Waals surface area contributed by atoms with Crippen LogP contribution in [-0.4, -0.2) is 32.7 Å². The molecule has 0 saturated carbocycles. The van der Waals surface area contributed by atoms with E-state index in [2.05, 4.69) is 5.32 Å². The van der Waals surface area contributed by atoms with Crippen LogP contribution < -0.4 is 10.0 Å². The van der Waals surface area contributed by atoms with Gasteiger partial charge in [0.05, 0.1) is 5.75 Å². The van der Waals surface area contributed by atoms with E-state index in [0.29, 0.717) is 12.5 Å². The summed E-state index contributed by atoms with van der Waals surface area (Å²) in [6, 6.07) is 0.382. The van der Waals surface area contributed by atoms with Gasteiger partial charge < -0.3 is 5.32 Å². The molecule has 0 rings (SSSR count). The largest absolute Gasteiger partial charge is 0.315 e. The van der Waals surface area contributed by atoms with Crippen LogP contribution in [0.2, 0.25) is 0 Å². The lowest BCUT2D eigenvalue weighted by molar-refractivity contribution is -0.119. The first-order chi connectivity index (χ1) is 6.87. The van der Waals surface area contributed by atoms with Crippen LogP contribution in [0.3, 0.4) is 0 Å². The molecule has 0 saturated heterocycles. The highest BCUT2D eigenvalue weighted by atomic mass is 32.2. The summed E-state index contributed by atoms with van der Waals surface area (Å²) in [5, 5.41) is 3.15. The maximum atomic E-state index is 11.1. The molecule has 5 nitrogen and oxygen atoms in total. The summed E-state index contributed by atoms with van der Waals surface area (Å²) >= 11 is 0. The van der Waals surface area contributed by atoms with Gasteiger partial charge in [0.25, 0.3) is 0 Å². The Labute approximate surface area is 91.7 Å². The molecule has 0 fully saturated rings. The van der Waals surface area contributed by atoms with Gasteiger partial charge in [0, 0.05) is 12.5 Å². The Balaban J connectivity index is 3.68. The molecule has 0 aromatic carbocycles. The molecule has 0 aliphatic heterocycles. The van der Waals surface area contributed by atoms with E-state index in [0.717, 1.165) is 6.54 Å².